The second-order valence-electron chi connectivity index (χ2n) is 5.39. The standard InChI is InChI=1S/C13H19NO3S/c1-13(2)10-12(17-18(15,16)14-13)9-8-11-6-4-3-5-7-11/h3-7,12,14H,8-10H2,1-2H3. The number of benzene rings is 1. The van der Waals surface area contributed by atoms with Gasteiger partial charge in [-0.15, -0.1) is 0 Å². The molecule has 0 radical (unpaired) electrons. The van der Waals surface area contributed by atoms with Crippen LogP contribution in [0.2, 0.25) is 0 Å². The summed E-state index contributed by atoms with van der Waals surface area (Å²) in [6, 6.07) is 10.0. The Morgan fingerprint density at radius 2 is 2.00 bits per heavy atom. The Morgan fingerprint density at radius 1 is 1.33 bits per heavy atom. The van der Waals surface area contributed by atoms with E-state index < -0.39 is 15.8 Å². The second-order valence-corrected chi connectivity index (χ2v) is 6.69. The molecule has 0 aliphatic carbocycles. The van der Waals surface area contributed by atoms with Crippen LogP contribution in [-0.2, 0) is 20.9 Å². The third kappa shape index (κ3) is 3.80. The van der Waals surface area contributed by atoms with Gasteiger partial charge in [-0.3, -0.25) is 4.18 Å². The van der Waals surface area contributed by atoms with Gasteiger partial charge >= 0.3 is 10.3 Å². The molecule has 0 amide bonds. The summed E-state index contributed by atoms with van der Waals surface area (Å²) in [6.45, 7) is 3.76. The molecule has 1 aromatic rings. The molecule has 4 nitrogen and oxygen atoms in total. The van der Waals surface area contributed by atoms with Crippen molar-refractivity contribution in [2.45, 2.75) is 44.8 Å². The van der Waals surface area contributed by atoms with Crippen LogP contribution in [0, 0.1) is 0 Å². The zero-order chi connectivity index (χ0) is 13.2. The lowest BCUT2D eigenvalue weighted by atomic mass is 9.94. The lowest BCUT2D eigenvalue weighted by Crippen LogP contribution is -2.52. The minimum atomic E-state index is -3.59. The SMILES string of the molecule is CC1(C)CC(CCc2ccccc2)OS(=O)(=O)N1. The number of aryl methyl sites for hydroxylation is 1. The zero-order valence-electron chi connectivity index (χ0n) is 10.7. The Balaban J connectivity index is 1.98. The van der Waals surface area contributed by atoms with E-state index in [9.17, 15) is 8.42 Å². The fraction of sp³-hybridized carbons (Fsp3) is 0.538. The molecular weight excluding hydrogens is 250 g/mol. The van der Waals surface area contributed by atoms with Gasteiger partial charge in [0.05, 0.1) is 6.10 Å². The van der Waals surface area contributed by atoms with Gasteiger partial charge < -0.3 is 0 Å². The van der Waals surface area contributed by atoms with Crippen LogP contribution in [0.5, 0.6) is 0 Å². The largest absolute Gasteiger partial charge is 0.336 e. The van der Waals surface area contributed by atoms with Gasteiger partial charge in [-0.1, -0.05) is 30.3 Å². The molecule has 1 aliphatic heterocycles. The Labute approximate surface area is 109 Å². The van der Waals surface area contributed by atoms with E-state index in [0.717, 1.165) is 6.42 Å². The molecule has 0 bridgehead atoms. The Kier molecular flexibility index (Phi) is 3.75. The molecule has 0 aromatic heterocycles. The van der Waals surface area contributed by atoms with Crippen LogP contribution in [0.3, 0.4) is 0 Å². The Morgan fingerprint density at radius 3 is 2.61 bits per heavy atom. The van der Waals surface area contributed by atoms with Gasteiger partial charge in [-0.2, -0.15) is 13.1 Å². The summed E-state index contributed by atoms with van der Waals surface area (Å²) < 4.78 is 30.7. The summed E-state index contributed by atoms with van der Waals surface area (Å²) >= 11 is 0. The third-order valence-electron chi connectivity index (χ3n) is 3.00. The van der Waals surface area contributed by atoms with Gasteiger partial charge in [0, 0.05) is 5.54 Å². The number of nitrogens with one attached hydrogen (secondary N) is 1. The predicted octanol–water partition coefficient (Wildman–Crippen LogP) is 2.02. The average molecular weight is 269 g/mol. The number of rotatable bonds is 3. The molecule has 18 heavy (non-hydrogen) atoms. The molecule has 100 valence electrons. The predicted molar refractivity (Wildman–Crippen MR) is 70.4 cm³/mol. The molecule has 1 fully saturated rings. The molecule has 2 rings (SSSR count). The molecule has 1 saturated heterocycles. The monoisotopic (exact) mass is 269 g/mol. The summed E-state index contributed by atoms with van der Waals surface area (Å²) in [5.74, 6) is 0. The summed E-state index contributed by atoms with van der Waals surface area (Å²) in [7, 11) is -3.59. The van der Waals surface area contributed by atoms with Crippen LogP contribution < -0.4 is 4.72 Å². The van der Waals surface area contributed by atoms with Gasteiger partial charge in [0.25, 0.3) is 0 Å². The van der Waals surface area contributed by atoms with Gasteiger partial charge in [-0.05, 0) is 38.7 Å². The van der Waals surface area contributed by atoms with E-state index in [4.69, 9.17) is 4.18 Å². The fourth-order valence-electron chi connectivity index (χ4n) is 2.31. The maximum Gasteiger partial charge on any atom is 0.336 e. The quantitative estimate of drug-likeness (QED) is 0.913. The van der Waals surface area contributed by atoms with Crippen molar-refractivity contribution in [3.63, 3.8) is 0 Å². The van der Waals surface area contributed by atoms with E-state index in [1.165, 1.54) is 5.56 Å². The van der Waals surface area contributed by atoms with Crippen molar-refractivity contribution in [3.8, 4) is 0 Å². The summed E-state index contributed by atoms with van der Waals surface area (Å²) in [6.07, 6.45) is 2.00. The molecule has 1 N–H and O–H groups in total. The van der Waals surface area contributed by atoms with Gasteiger partial charge in [0.1, 0.15) is 0 Å². The summed E-state index contributed by atoms with van der Waals surface area (Å²) in [5.41, 5.74) is 0.771. The smallest absolute Gasteiger partial charge is 0.255 e. The van der Waals surface area contributed by atoms with E-state index in [-0.39, 0.29) is 6.10 Å². The summed E-state index contributed by atoms with van der Waals surface area (Å²) in [4.78, 5) is 0. The molecule has 1 heterocycles. The van der Waals surface area contributed by atoms with Crippen LogP contribution >= 0.6 is 0 Å². The fourth-order valence-corrected chi connectivity index (χ4v) is 3.64. The first-order valence-electron chi connectivity index (χ1n) is 6.12. The minimum Gasteiger partial charge on any atom is -0.255 e. The second kappa shape index (κ2) is 4.99. The molecule has 1 unspecified atom stereocenters. The first-order chi connectivity index (χ1) is 8.36. The number of hydrogen-bond donors (Lipinski definition) is 1. The van der Waals surface area contributed by atoms with Crippen molar-refractivity contribution < 1.29 is 12.6 Å². The zero-order valence-corrected chi connectivity index (χ0v) is 11.5. The molecule has 0 spiro atoms. The Hall–Kier alpha value is -0.910. The van der Waals surface area contributed by atoms with Crippen molar-refractivity contribution in [2.75, 3.05) is 0 Å². The first kappa shape index (κ1) is 13.5. The van der Waals surface area contributed by atoms with E-state index in [0.29, 0.717) is 12.8 Å². The molecule has 0 saturated carbocycles. The van der Waals surface area contributed by atoms with E-state index in [2.05, 4.69) is 4.72 Å². The highest BCUT2D eigenvalue weighted by Crippen LogP contribution is 2.25. The first-order valence-corrected chi connectivity index (χ1v) is 7.53. The van der Waals surface area contributed by atoms with Gasteiger partial charge in [-0.25, -0.2) is 0 Å². The minimum absolute atomic E-state index is 0.244. The Bertz CT molecular complexity index is 496. The highest BCUT2D eigenvalue weighted by molar-refractivity contribution is 7.84. The van der Waals surface area contributed by atoms with Crippen molar-refractivity contribution in [1.82, 2.24) is 4.72 Å². The van der Waals surface area contributed by atoms with Crippen molar-refractivity contribution in [1.29, 1.82) is 0 Å². The lowest BCUT2D eigenvalue weighted by molar-refractivity contribution is 0.124. The van der Waals surface area contributed by atoms with Crippen LogP contribution in [0.4, 0.5) is 0 Å². The van der Waals surface area contributed by atoms with Crippen molar-refractivity contribution in [2.24, 2.45) is 0 Å². The molecule has 1 atom stereocenters. The van der Waals surface area contributed by atoms with Crippen LogP contribution in [0.15, 0.2) is 30.3 Å². The molecule has 5 heteroatoms. The maximum absolute atomic E-state index is 11.6. The van der Waals surface area contributed by atoms with Crippen molar-refractivity contribution in [3.05, 3.63) is 35.9 Å². The van der Waals surface area contributed by atoms with E-state index in [1.54, 1.807) is 0 Å². The third-order valence-corrected chi connectivity index (χ3v) is 4.33. The normalized spacial score (nSPS) is 25.8. The van der Waals surface area contributed by atoms with Crippen molar-refractivity contribution >= 4 is 10.3 Å². The van der Waals surface area contributed by atoms with Gasteiger partial charge in [0.15, 0.2) is 0 Å². The maximum atomic E-state index is 11.6. The molecule has 1 aromatic carbocycles. The highest BCUT2D eigenvalue weighted by atomic mass is 32.2. The van der Waals surface area contributed by atoms with Crippen LogP contribution in [-0.4, -0.2) is 20.1 Å². The van der Waals surface area contributed by atoms with E-state index in [1.807, 2.05) is 44.2 Å². The summed E-state index contributed by atoms with van der Waals surface area (Å²) in [5, 5.41) is 0. The lowest BCUT2D eigenvalue weighted by Gasteiger charge is -2.35. The molecular formula is C13H19NO3S. The van der Waals surface area contributed by atoms with Crippen LogP contribution in [0.25, 0.3) is 0 Å². The molecule has 1 aliphatic rings. The van der Waals surface area contributed by atoms with E-state index >= 15 is 0 Å². The van der Waals surface area contributed by atoms with Crippen LogP contribution in [0.1, 0.15) is 32.3 Å². The van der Waals surface area contributed by atoms with Gasteiger partial charge in [0.2, 0.25) is 0 Å². The average Bonchev–Trinajstić information content (AvgIpc) is 2.24. The topological polar surface area (TPSA) is 55.4 Å². The number of hydrogen-bond acceptors (Lipinski definition) is 3. The highest BCUT2D eigenvalue weighted by Gasteiger charge is 2.36.